The maximum Gasteiger partial charge on any atom is 0.161 e. The first kappa shape index (κ1) is 16.1. The van der Waals surface area contributed by atoms with Crippen LogP contribution < -0.4 is 9.47 Å². The number of thiophene rings is 2. The second kappa shape index (κ2) is 7.17. The van der Waals surface area contributed by atoms with Gasteiger partial charge in [0.05, 0.1) is 26.2 Å². The summed E-state index contributed by atoms with van der Waals surface area (Å²) in [5.74, 6) is 1.21. The normalized spacial score (nSPS) is 12.3. The van der Waals surface area contributed by atoms with Gasteiger partial charge in [0.25, 0.3) is 0 Å². The molecule has 23 heavy (non-hydrogen) atoms. The Morgan fingerprint density at radius 2 is 1.48 bits per heavy atom. The Labute approximate surface area is 143 Å². The fraction of sp³-hybridized carbons (Fsp3) is 0.222. The van der Waals surface area contributed by atoms with Crippen LogP contribution in [0.2, 0.25) is 0 Å². The first-order chi connectivity index (χ1) is 11.2. The SMILES string of the molecule is COc1ccc(C(O)C(c2cccs2)c2cccs2)cc1OC. The van der Waals surface area contributed by atoms with E-state index in [4.69, 9.17) is 9.47 Å². The summed E-state index contributed by atoms with van der Waals surface area (Å²) in [6, 6.07) is 13.7. The maximum absolute atomic E-state index is 11.0. The molecule has 1 N–H and O–H groups in total. The summed E-state index contributed by atoms with van der Waals surface area (Å²) in [4.78, 5) is 2.30. The fourth-order valence-corrected chi connectivity index (χ4v) is 4.44. The van der Waals surface area contributed by atoms with Crippen LogP contribution in [0.1, 0.15) is 27.3 Å². The van der Waals surface area contributed by atoms with Crippen molar-refractivity contribution in [3.05, 3.63) is 68.5 Å². The van der Waals surface area contributed by atoms with Gasteiger partial charge in [-0.3, -0.25) is 0 Å². The minimum atomic E-state index is -0.646. The second-order valence-electron chi connectivity index (χ2n) is 5.07. The van der Waals surface area contributed by atoms with E-state index in [1.54, 1.807) is 36.9 Å². The highest BCUT2D eigenvalue weighted by atomic mass is 32.1. The van der Waals surface area contributed by atoms with Crippen molar-refractivity contribution in [2.45, 2.75) is 12.0 Å². The van der Waals surface area contributed by atoms with Crippen LogP contribution in [0.3, 0.4) is 0 Å². The van der Waals surface area contributed by atoms with Gasteiger partial charge in [-0.25, -0.2) is 0 Å². The highest BCUT2D eigenvalue weighted by Gasteiger charge is 2.27. The molecule has 2 aromatic heterocycles. The van der Waals surface area contributed by atoms with Crippen molar-refractivity contribution in [3.63, 3.8) is 0 Å². The summed E-state index contributed by atoms with van der Waals surface area (Å²) in [7, 11) is 3.21. The molecule has 0 aliphatic rings. The van der Waals surface area contributed by atoms with Gasteiger partial charge in [0, 0.05) is 9.75 Å². The maximum atomic E-state index is 11.0. The summed E-state index contributed by atoms with van der Waals surface area (Å²) in [5.41, 5.74) is 0.814. The number of ether oxygens (including phenoxy) is 2. The van der Waals surface area contributed by atoms with Crippen molar-refractivity contribution in [1.29, 1.82) is 0 Å². The fourth-order valence-electron chi connectivity index (χ4n) is 2.62. The molecule has 0 amide bonds. The van der Waals surface area contributed by atoms with Gasteiger partial charge in [0.1, 0.15) is 0 Å². The molecular formula is C18H18O3S2. The van der Waals surface area contributed by atoms with Gasteiger partial charge in [-0.15, -0.1) is 22.7 Å². The number of hydrogen-bond acceptors (Lipinski definition) is 5. The number of hydrogen-bond donors (Lipinski definition) is 1. The Morgan fingerprint density at radius 1 is 0.870 bits per heavy atom. The zero-order valence-electron chi connectivity index (χ0n) is 12.9. The van der Waals surface area contributed by atoms with E-state index >= 15 is 0 Å². The molecule has 3 aromatic rings. The van der Waals surface area contributed by atoms with Gasteiger partial charge in [0.15, 0.2) is 11.5 Å². The lowest BCUT2D eigenvalue weighted by Gasteiger charge is -2.22. The van der Waals surface area contributed by atoms with Crippen molar-refractivity contribution < 1.29 is 14.6 Å². The minimum absolute atomic E-state index is 0.0758. The smallest absolute Gasteiger partial charge is 0.161 e. The van der Waals surface area contributed by atoms with Crippen molar-refractivity contribution in [2.75, 3.05) is 14.2 Å². The van der Waals surface area contributed by atoms with Crippen LogP contribution in [0.5, 0.6) is 11.5 Å². The molecule has 0 spiro atoms. The molecule has 0 bridgehead atoms. The molecular weight excluding hydrogens is 328 g/mol. The third-order valence-electron chi connectivity index (χ3n) is 3.76. The largest absolute Gasteiger partial charge is 0.493 e. The van der Waals surface area contributed by atoms with E-state index in [-0.39, 0.29) is 5.92 Å². The van der Waals surface area contributed by atoms with Crippen molar-refractivity contribution in [1.82, 2.24) is 0 Å². The zero-order valence-corrected chi connectivity index (χ0v) is 14.6. The first-order valence-electron chi connectivity index (χ1n) is 7.21. The third-order valence-corrected chi connectivity index (χ3v) is 5.68. The van der Waals surface area contributed by atoms with E-state index in [1.165, 1.54) is 0 Å². The average Bonchev–Trinajstić information content (AvgIpc) is 3.28. The molecule has 0 fully saturated rings. The quantitative estimate of drug-likeness (QED) is 0.703. The standard InChI is InChI=1S/C18H18O3S2/c1-20-13-8-7-12(11-14(13)21-2)18(19)17(15-5-3-9-22-15)16-6-4-10-23-16/h3-11,17-19H,1-2H3. The molecule has 3 rings (SSSR count). The topological polar surface area (TPSA) is 38.7 Å². The van der Waals surface area contributed by atoms with Gasteiger partial charge in [-0.1, -0.05) is 18.2 Å². The molecule has 3 nitrogen and oxygen atoms in total. The molecule has 0 aliphatic heterocycles. The van der Waals surface area contributed by atoms with E-state index in [9.17, 15) is 5.11 Å². The van der Waals surface area contributed by atoms with Crippen LogP contribution in [-0.2, 0) is 0 Å². The highest BCUT2D eigenvalue weighted by molar-refractivity contribution is 7.11. The Bertz CT molecular complexity index is 701. The van der Waals surface area contributed by atoms with E-state index in [0.29, 0.717) is 11.5 Å². The minimum Gasteiger partial charge on any atom is -0.493 e. The summed E-state index contributed by atoms with van der Waals surface area (Å²) in [6.07, 6.45) is -0.646. The summed E-state index contributed by atoms with van der Waals surface area (Å²) in [5, 5.41) is 15.1. The van der Waals surface area contributed by atoms with Crippen LogP contribution in [0.15, 0.2) is 53.2 Å². The van der Waals surface area contributed by atoms with Gasteiger partial charge in [-0.2, -0.15) is 0 Å². The van der Waals surface area contributed by atoms with Crippen molar-refractivity contribution in [3.8, 4) is 11.5 Å². The summed E-state index contributed by atoms with van der Waals surface area (Å²) >= 11 is 3.32. The van der Waals surface area contributed by atoms with Gasteiger partial charge in [-0.05, 0) is 40.6 Å². The van der Waals surface area contributed by atoms with Crippen LogP contribution in [0, 0.1) is 0 Å². The van der Waals surface area contributed by atoms with E-state index < -0.39 is 6.10 Å². The second-order valence-corrected chi connectivity index (χ2v) is 7.03. The molecule has 1 atom stereocenters. The molecule has 2 heterocycles. The van der Waals surface area contributed by atoms with Crippen LogP contribution in [0.4, 0.5) is 0 Å². The average molecular weight is 346 g/mol. The predicted molar refractivity (Wildman–Crippen MR) is 95.0 cm³/mol. The number of aliphatic hydroxyl groups is 1. The van der Waals surface area contributed by atoms with Gasteiger partial charge < -0.3 is 14.6 Å². The lowest BCUT2D eigenvalue weighted by atomic mass is 9.92. The summed E-state index contributed by atoms with van der Waals surface area (Å²) < 4.78 is 10.6. The molecule has 0 saturated heterocycles. The lowest BCUT2D eigenvalue weighted by molar-refractivity contribution is 0.161. The summed E-state index contributed by atoms with van der Waals surface area (Å²) in [6.45, 7) is 0. The molecule has 1 unspecified atom stereocenters. The van der Waals surface area contributed by atoms with Crippen LogP contribution in [-0.4, -0.2) is 19.3 Å². The molecule has 0 radical (unpaired) electrons. The number of benzene rings is 1. The number of rotatable bonds is 6. The zero-order chi connectivity index (χ0) is 16.2. The van der Waals surface area contributed by atoms with E-state index in [1.807, 2.05) is 41.1 Å². The molecule has 5 heteroatoms. The Hall–Kier alpha value is -1.82. The first-order valence-corrected chi connectivity index (χ1v) is 8.97. The van der Waals surface area contributed by atoms with Gasteiger partial charge in [0.2, 0.25) is 0 Å². The molecule has 0 aliphatic carbocycles. The molecule has 120 valence electrons. The number of methoxy groups -OCH3 is 2. The van der Waals surface area contributed by atoms with Crippen molar-refractivity contribution >= 4 is 22.7 Å². The number of aliphatic hydroxyl groups excluding tert-OH is 1. The third kappa shape index (κ3) is 3.27. The molecule has 0 saturated carbocycles. The van der Waals surface area contributed by atoms with Gasteiger partial charge >= 0.3 is 0 Å². The van der Waals surface area contributed by atoms with E-state index in [2.05, 4.69) is 12.1 Å². The Morgan fingerprint density at radius 3 is 1.96 bits per heavy atom. The Balaban J connectivity index is 2.00. The van der Waals surface area contributed by atoms with Crippen LogP contribution in [0.25, 0.3) is 0 Å². The lowest BCUT2D eigenvalue weighted by Crippen LogP contribution is -2.10. The molecule has 1 aromatic carbocycles. The van der Waals surface area contributed by atoms with Crippen LogP contribution >= 0.6 is 22.7 Å². The van der Waals surface area contributed by atoms with E-state index in [0.717, 1.165) is 15.3 Å². The predicted octanol–water partition coefficient (Wildman–Crippen LogP) is 4.69. The highest BCUT2D eigenvalue weighted by Crippen LogP contribution is 2.42. The van der Waals surface area contributed by atoms with Crippen molar-refractivity contribution in [2.24, 2.45) is 0 Å². The monoisotopic (exact) mass is 346 g/mol. The Kier molecular flexibility index (Phi) is 5.00.